The molecule has 0 saturated heterocycles. The molecule has 1 aliphatic heterocycles. The van der Waals surface area contributed by atoms with Crippen LogP contribution in [0.1, 0.15) is 17.8 Å². The normalized spacial score (nSPS) is 13.0. The second-order valence-corrected chi connectivity index (χ2v) is 7.56. The summed E-state index contributed by atoms with van der Waals surface area (Å²) < 4.78 is 10.8. The highest BCUT2D eigenvalue weighted by Gasteiger charge is 2.12. The van der Waals surface area contributed by atoms with Gasteiger partial charge in [0.15, 0.2) is 17.3 Å². The van der Waals surface area contributed by atoms with E-state index in [1.54, 1.807) is 0 Å². The number of anilines is 1. The third-order valence-corrected chi connectivity index (χ3v) is 4.81. The summed E-state index contributed by atoms with van der Waals surface area (Å²) in [4.78, 5) is 11.5. The van der Waals surface area contributed by atoms with Crippen LogP contribution in [0.2, 0.25) is 5.02 Å². The zero-order valence-corrected chi connectivity index (χ0v) is 17.2. The van der Waals surface area contributed by atoms with Gasteiger partial charge in [-0.2, -0.15) is 0 Å². The fourth-order valence-electron chi connectivity index (χ4n) is 3.12. The Kier molecular flexibility index (Phi) is 5.83. The quantitative estimate of drug-likeness (QED) is 0.577. The van der Waals surface area contributed by atoms with Gasteiger partial charge in [0.05, 0.1) is 5.52 Å². The topological polar surface area (TPSA) is 59.5 Å². The molecule has 6 nitrogen and oxygen atoms in total. The minimum absolute atomic E-state index is 0.266. The average molecular weight is 411 g/mol. The Morgan fingerprint density at radius 3 is 2.79 bits per heavy atom. The van der Waals surface area contributed by atoms with Crippen LogP contribution in [-0.2, 0) is 0 Å². The van der Waals surface area contributed by atoms with Gasteiger partial charge in [-0.1, -0.05) is 23.7 Å². The molecule has 0 atom stereocenters. The summed E-state index contributed by atoms with van der Waals surface area (Å²) in [5.74, 6) is 2.95. The summed E-state index contributed by atoms with van der Waals surface area (Å²) >= 11 is 6.19. The first kappa shape index (κ1) is 19.5. The maximum Gasteiger partial charge on any atom is 0.231 e. The van der Waals surface area contributed by atoms with Crippen LogP contribution in [0.4, 0.5) is 5.82 Å². The van der Waals surface area contributed by atoms with Crippen molar-refractivity contribution in [2.45, 2.75) is 6.42 Å². The van der Waals surface area contributed by atoms with Gasteiger partial charge in [-0.3, -0.25) is 0 Å². The minimum Gasteiger partial charge on any atom is -0.454 e. The van der Waals surface area contributed by atoms with Crippen LogP contribution in [-0.4, -0.2) is 48.8 Å². The molecule has 0 bridgehead atoms. The van der Waals surface area contributed by atoms with Crippen molar-refractivity contribution in [3.63, 3.8) is 0 Å². The molecule has 0 spiro atoms. The predicted molar refractivity (Wildman–Crippen MR) is 118 cm³/mol. The van der Waals surface area contributed by atoms with Crippen molar-refractivity contribution in [1.29, 1.82) is 0 Å². The highest BCUT2D eigenvalue weighted by Crippen LogP contribution is 2.33. The van der Waals surface area contributed by atoms with E-state index in [0.29, 0.717) is 10.8 Å². The van der Waals surface area contributed by atoms with Crippen molar-refractivity contribution in [3.8, 4) is 11.5 Å². The van der Waals surface area contributed by atoms with E-state index in [1.807, 2.05) is 48.6 Å². The molecule has 29 heavy (non-hydrogen) atoms. The molecule has 3 aromatic rings. The second-order valence-electron chi connectivity index (χ2n) is 7.12. The van der Waals surface area contributed by atoms with Gasteiger partial charge in [0, 0.05) is 17.0 Å². The number of aromatic nitrogens is 2. The molecule has 150 valence electrons. The third-order valence-electron chi connectivity index (χ3n) is 4.57. The Labute approximate surface area is 175 Å². The summed E-state index contributed by atoms with van der Waals surface area (Å²) in [7, 11) is 4.14. The van der Waals surface area contributed by atoms with E-state index in [4.69, 9.17) is 26.1 Å². The van der Waals surface area contributed by atoms with Crippen molar-refractivity contribution in [1.82, 2.24) is 14.9 Å². The number of hydrogen-bond donors (Lipinski definition) is 1. The number of benzene rings is 2. The van der Waals surface area contributed by atoms with Crippen LogP contribution < -0.4 is 14.8 Å². The van der Waals surface area contributed by atoms with Crippen LogP contribution in [0.15, 0.2) is 36.4 Å². The summed E-state index contributed by atoms with van der Waals surface area (Å²) in [5, 5.41) is 5.02. The van der Waals surface area contributed by atoms with Gasteiger partial charge < -0.3 is 19.7 Å². The number of nitrogens with zero attached hydrogens (tertiary/aromatic N) is 3. The Bertz CT molecular complexity index is 1050. The van der Waals surface area contributed by atoms with Gasteiger partial charge in [-0.15, -0.1) is 0 Å². The van der Waals surface area contributed by atoms with E-state index in [-0.39, 0.29) is 6.79 Å². The van der Waals surface area contributed by atoms with E-state index >= 15 is 0 Å². The lowest BCUT2D eigenvalue weighted by Gasteiger charge is -2.12. The first-order chi connectivity index (χ1) is 14.1. The van der Waals surface area contributed by atoms with E-state index in [2.05, 4.69) is 29.3 Å². The molecule has 0 saturated carbocycles. The maximum absolute atomic E-state index is 6.19. The monoisotopic (exact) mass is 410 g/mol. The highest BCUT2D eigenvalue weighted by atomic mass is 35.5. The van der Waals surface area contributed by atoms with Crippen LogP contribution in [0, 0.1) is 0 Å². The van der Waals surface area contributed by atoms with Crippen molar-refractivity contribution >= 4 is 40.5 Å². The average Bonchev–Trinajstić information content (AvgIpc) is 3.17. The van der Waals surface area contributed by atoms with Gasteiger partial charge in [0.1, 0.15) is 5.82 Å². The molecule has 4 rings (SSSR count). The molecular formula is C22H23ClN4O2. The highest BCUT2D eigenvalue weighted by molar-refractivity contribution is 6.31. The molecule has 0 aliphatic carbocycles. The summed E-state index contributed by atoms with van der Waals surface area (Å²) in [6.45, 7) is 2.09. The molecule has 2 heterocycles. The van der Waals surface area contributed by atoms with Gasteiger partial charge in [0.2, 0.25) is 6.79 Å². The fourth-order valence-corrected chi connectivity index (χ4v) is 3.29. The van der Waals surface area contributed by atoms with Crippen molar-refractivity contribution in [2.24, 2.45) is 0 Å². The molecule has 0 unspecified atom stereocenters. The number of hydrogen-bond acceptors (Lipinski definition) is 6. The molecule has 0 fully saturated rings. The first-order valence-corrected chi connectivity index (χ1v) is 9.90. The molecular weight excluding hydrogens is 388 g/mol. The number of halogens is 1. The number of nitrogens with one attached hydrogen (secondary N) is 1. The third kappa shape index (κ3) is 4.78. The Balaban J connectivity index is 1.59. The lowest BCUT2D eigenvalue weighted by Crippen LogP contribution is -2.17. The van der Waals surface area contributed by atoms with Gasteiger partial charge in [-0.25, -0.2) is 9.97 Å². The molecule has 2 aromatic carbocycles. The van der Waals surface area contributed by atoms with E-state index < -0.39 is 0 Å². The molecule has 7 heteroatoms. The fraction of sp³-hybridized carbons (Fsp3) is 0.273. The lowest BCUT2D eigenvalue weighted by atomic mass is 10.2. The number of fused-ring (bicyclic) bond motifs is 2. The lowest BCUT2D eigenvalue weighted by molar-refractivity contribution is 0.174. The number of rotatable bonds is 7. The summed E-state index contributed by atoms with van der Waals surface area (Å²) in [6.07, 6.45) is 4.88. The van der Waals surface area contributed by atoms with Gasteiger partial charge >= 0.3 is 0 Å². The van der Waals surface area contributed by atoms with E-state index in [9.17, 15) is 0 Å². The Morgan fingerprint density at radius 1 is 1.07 bits per heavy atom. The molecule has 1 aromatic heterocycles. The van der Waals surface area contributed by atoms with Crippen LogP contribution >= 0.6 is 11.6 Å². The number of ether oxygens (including phenoxy) is 2. The Morgan fingerprint density at radius 2 is 1.93 bits per heavy atom. The molecule has 1 aliphatic rings. The zero-order valence-electron chi connectivity index (χ0n) is 16.5. The van der Waals surface area contributed by atoms with Crippen LogP contribution in [0.5, 0.6) is 11.5 Å². The van der Waals surface area contributed by atoms with Crippen LogP contribution in [0.25, 0.3) is 23.1 Å². The second kappa shape index (κ2) is 8.68. The van der Waals surface area contributed by atoms with Gasteiger partial charge in [0.25, 0.3) is 0 Å². The smallest absolute Gasteiger partial charge is 0.231 e. The van der Waals surface area contributed by atoms with E-state index in [0.717, 1.165) is 53.3 Å². The SMILES string of the molecule is CN(C)CCCNc1nc(/C=C/c2ccc3c(c2)OCO3)nc2ccc(Cl)cc12. The summed E-state index contributed by atoms with van der Waals surface area (Å²) in [5.41, 5.74) is 1.85. The molecule has 0 radical (unpaired) electrons. The molecule has 0 amide bonds. The minimum atomic E-state index is 0.266. The van der Waals surface area contributed by atoms with Crippen molar-refractivity contribution in [2.75, 3.05) is 39.3 Å². The standard InChI is InChI=1S/C22H23ClN4O2/c1-27(2)11-3-10-24-22-17-13-16(23)6-7-18(17)25-21(26-22)9-5-15-4-8-19-20(12-15)29-14-28-19/h4-9,12-13H,3,10-11,14H2,1-2H3,(H,24,25,26)/b9-5+. The van der Waals surface area contributed by atoms with Crippen LogP contribution in [0.3, 0.4) is 0 Å². The first-order valence-electron chi connectivity index (χ1n) is 9.52. The Hall–Kier alpha value is -2.83. The van der Waals surface area contributed by atoms with Gasteiger partial charge in [-0.05, 0) is 69.0 Å². The van der Waals surface area contributed by atoms with Crippen molar-refractivity contribution in [3.05, 3.63) is 52.8 Å². The predicted octanol–water partition coefficient (Wildman–Crippen LogP) is 4.55. The molecule has 1 N–H and O–H groups in total. The van der Waals surface area contributed by atoms with E-state index in [1.165, 1.54) is 0 Å². The maximum atomic E-state index is 6.19. The summed E-state index contributed by atoms with van der Waals surface area (Å²) in [6, 6.07) is 11.5. The zero-order chi connectivity index (χ0) is 20.2. The van der Waals surface area contributed by atoms with Crippen molar-refractivity contribution < 1.29 is 9.47 Å². The largest absolute Gasteiger partial charge is 0.454 e.